The van der Waals surface area contributed by atoms with Crippen LogP contribution >= 0.6 is 11.6 Å². The third-order valence-electron chi connectivity index (χ3n) is 2.83. The lowest BCUT2D eigenvalue weighted by Gasteiger charge is -2.10. The quantitative estimate of drug-likeness (QED) is 0.658. The third-order valence-corrected chi connectivity index (χ3v) is 3.16. The molecule has 0 spiro atoms. The first-order chi connectivity index (χ1) is 9.88. The summed E-state index contributed by atoms with van der Waals surface area (Å²) in [7, 11) is 0. The van der Waals surface area contributed by atoms with Crippen LogP contribution in [-0.4, -0.2) is 16.0 Å². The number of nitrogens with one attached hydrogen (secondary N) is 1. The van der Waals surface area contributed by atoms with E-state index in [9.17, 15) is 14.9 Å². The van der Waals surface area contributed by atoms with Gasteiger partial charge in [0.05, 0.1) is 21.2 Å². The van der Waals surface area contributed by atoms with Gasteiger partial charge in [0.1, 0.15) is 5.69 Å². The van der Waals surface area contributed by atoms with Crippen LogP contribution in [0.2, 0.25) is 5.02 Å². The second kappa shape index (κ2) is 5.80. The average Bonchev–Trinajstić information content (AvgIpc) is 2.42. The summed E-state index contributed by atoms with van der Waals surface area (Å²) in [4.78, 5) is 21.3. The first-order valence-electron chi connectivity index (χ1n) is 5.93. The number of rotatable bonds is 4. The minimum absolute atomic E-state index is 0.150. The predicted molar refractivity (Wildman–Crippen MR) is 79.5 cm³/mol. The number of nitro benzene ring substituents is 1. The summed E-state index contributed by atoms with van der Waals surface area (Å²) in [6.07, 6.45) is 0. The SMILES string of the molecule is Cc1ccc(Cl)c(Nc2ccc(C(=O)O)cc2[N+](=O)[O-])c1. The molecule has 0 heterocycles. The smallest absolute Gasteiger partial charge is 0.335 e. The van der Waals surface area contributed by atoms with Crippen LogP contribution in [-0.2, 0) is 0 Å². The van der Waals surface area contributed by atoms with Crippen molar-refractivity contribution in [2.45, 2.75) is 6.92 Å². The van der Waals surface area contributed by atoms with Crippen LogP contribution in [0.25, 0.3) is 0 Å². The van der Waals surface area contributed by atoms with Crippen molar-refractivity contribution in [2.24, 2.45) is 0 Å². The van der Waals surface area contributed by atoms with Gasteiger partial charge >= 0.3 is 5.97 Å². The summed E-state index contributed by atoms with van der Waals surface area (Å²) in [5.74, 6) is -1.22. The molecule has 2 aromatic carbocycles. The molecule has 0 fully saturated rings. The molecule has 0 aliphatic heterocycles. The van der Waals surface area contributed by atoms with Crippen molar-refractivity contribution in [2.75, 3.05) is 5.32 Å². The highest BCUT2D eigenvalue weighted by molar-refractivity contribution is 6.33. The van der Waals surface area contributed by atoms with Gasteiger partial charge in [0.25, 0.3) is 5.69 Å². The second-order valence-corrected chi connectivity index (χ2v) is 4.81. The normalized spacial score (nSPS) is 10.2. The van der Waals surface area contributed by atoms with E-state index in [2.05, 4.69) is 5.32 Å². The maximum Gasteiger partial charge on any atom is 0.335 e. The highest BCUT2D eigenvalue weighted by Crippen LogP contribution is 2.32. The number of hydrogen-bond donors (Lipinski definition) is 2. The molecular formula is C14H11ClN2O4. The van der Waals surface area contributed by atoms with Gasteiger partial charge in [0.15, 0.2) is 0 Å². The summed E-state index contributed by atoms with van der Waals surface area (Å²) in [6, 6.07) is 8.89. The van der Waals surface area contributed by atoms with Gasteiger partial charge in [-0.1, -0.05) is 17.7 Å². The zero-order chi connectivity index (χ0) is 15.6. The van der Waals surface area contributed by atoms with Gasteiger partial charge in [0.2, 0.25) is 0 Å². The highest BCUT2D eigenvalue weighted by atomic mass is 35.5. The van der Waals surface area contributed by atoms with E-state index in [0.717, 1.165) is 11.6 Å². The van der Waals surface area contributed by atoms with E-state index in [1.165, 1.54) is 12.1 Å². The van der Waals surface area contributed by atoms with E-state index in [0.29, 0.717) is 10.7 Å². The summed E-state index contributed by atoms with van der Waals surface area (Å²) in [5, 5.41) is 23.2. The molecular weight excluding hydrogens is 296 g/mol. The van der Waals surface area contributed by atoms with E-state index in [4.69, 9.17) is 16.7 Å². The van der Waals surface area contributed by atoms with Crippen LogP contribution in [0, 0.1) is 17.0 Å². The lowest BCUT2D eigenvalue weighted by molar-refractivity contribution is -0.383. The number of carboxylic acid groups (broad SMARTS) is 1. The zero-order valence-electron chi connectivity index (χ0n) is 11.0. The molecule has 0 saturated carbocycles. The van der Waals surface area contributed by atoms with Crippen LogP contribution in [0.1, 0.15) is 15.9 Å². The maximum atomic E-state index is 11.1. The Bertz CT molecular complexity index is 731. The first-order valence-corrected chi connectivity index (χ1v) is 6.31. The number of aromatic carboxylic acids is 1. The Hall–Kier alpha value is -2.60. The number of anilines is 2. The molecule has 21 heavy (non-hydrogen) atoms. The van der Waals surface area contributed by atoms with Crippen molar-refractivity contribution in [3.05, 3.63) is 62.7 Å². The van der Waals surface area contributed by atoms with Gasteiger partial charge in [-0.15, -0.1) is 0 Å². The maximum absolute atomic E-state index is 11.1. The third kappa shape index (κ3) is 3.29. The second-order valence-electron chi connectivity index (χ2n) is 4.40. The van der Waals surface area contributed by atoms with Crippen molar-refractivity contribution >= 4 is 34.6 Å². The minimum Gasteiger partial charge on any atom is -0.478 e. The summed E-state index contributed by atoms with van der Waals surface area (Å²) >= 11 is 6.03. The molecule has 7 heteroatoms. The van der Waals surface area contributed by atoms with E-state index in [-0.39, 0.29) is 16.9 Å². The Kier molecular flexibility index (Phi) is 4.09. The topological polar surface area (TPSA) is 92.5 Å². The molecule has 0 amide bonds. The van der Waals surface area contributed by atoms with E-state index >= 15 is 0 Å². The van der Waals surface area contributed by atoms with Crippen LogP contribution in [0.3, 0.4) is 0 Å². The van der Waals surface area contributed by atoms with Crippen LogP contribution < -0.4 is 5.32 Å². The van der Waals surface area contributed by atoms with Crippen molar-refractivity contribution in [1.29, 1.82) is 0 Å². The molecule has 2 N–H and O–H groups in total. The van der Waals surface area contributed by atoms with E-state index < -0.39 is 10.9 Å². The molecule has 2 rings (SSSR count). The fraction of sp³-hybridized carbons (Fsp3) is 0.0714. The molecule has 0 aliphatic carbocycles. The van der Waals surface area contributed by atoms with Crippen molar-refractivity contribution in [3.8, 4) is 0 Å². The molecule has 2 aromatic rings. The van der Waals surface area contributed by atoms with Crippen molar-refractivity contribution in [1.82, 2.24) is 0 Å². The molecule has 6 nitrogen and oxygen atoms in total. The summed E-state index contributed by atoms with van der Waals surface area (Å²) in [5.41, 5.74) is 1.15. The largest absolute Gasteiger partial charge is 0.478 e. The Morgan fingerprint density at radius 2 is 1.95 bits per heavy atom. The number of carbonyl (C=O) groups is 1. The Balaban J connectivity index is 2.46. The molecule has 0 unspecified atom stereocenters. The lowest BCUT2D eigenvalue weighted by atomic mass is 10.1. The summed E-state index contributed by atoms with van der Waals surface area (Å²) in [6.45, 7) is 1.86. The molecule has 0 bridgehead atoms. The Morgan fingerprint density at radius 3 is 2.57 bits per heavy atom. The standard InChI is InChI=1S/C14H11ClN2O4/c1-8-2-4-10(15)12(6-8)16-11-5-3-9(14(18)19)7-13(11)17(20)21/h2-7,16H,1H3,(H,18,19). The first kappa shape index (κ1) is 14.8. The van der Waals surface area contributed by atoms with Gasteiger partial charge < -0.3 is 10.4 Å². The van der Waals surface area contributed by atoms with Crippen LogP contribution in [0.5, 0.6) is 0 Å². The Morgan fingerprint density at radius 1 is 1.24 bits per heavy atom. The molecule has 0 aromatic heterocycles. The number of nitrogens with zero attached hydrogens (tertiary/aromatic N) is 1. The summed E-state index contributed by atoms with van der Waals surface area (Å²) < 4.78 is 0. The molecule has 0 atom stereocenters. The lowest BCUT2D eigenvalue weighted by Crippen LogP contribution is -2.02. The van der Waals surface area contributed by atoms with E-state index in [1.807, 2.05) is 13.0 Å². The van der Waals surface area contributed by atoms with Crippen molar-refractivity contribution < 1.29 is 14.8 Å². The van der Waals surface area contributed by atoms with Crippen LogP contribution in [0.4, 0.5) is 17.1 Å². The minimum atomic E-state index is -1.22. The van der Waals surface area contributed by atoms with E-state index in [1.54, 1.807) is 12.1 Å². The fourth-order valence-electron chi connectivity index (χ4n) is 1.80. The van der Waals surface area contributed by atoms with Crippen molar-refractivity contribution in [3.63, 3.8) is 0 Å². The van der Waals surface area contributed by atoms with Crippen LogP contribution in [0.15, 0.2) is 36.4 Å². The molecule has 0 saturated heterocycles. The Labute approximate surface area is 125 Å². The highest BCUT2D eigenvalue weighted by Gasteiger charge is 2.18. The number of halogens is 1. The van der Waals surface area contributed by atoms with Gasteiger partial charge in [-0.25, -0.2) is 4.79 Å². The molecule has 0 aliphatic rings. The number of nitro groups is 1. The zero-order valence-corrected chi connectivity index (χ0v) is 11.7. The predicted octanol–water partition coefficient (Wildman–Crippen LogP) is 4.00. The fourth-order valence-corrected chi connectivity index (χ4v) is 1.97. The number of aryl methyl sites for hydroxylation is 1. The monoisotopic (exact) mass is 306 g/mol. The number of benzene rings is 2. The van der Waals surface area contributed by atoms with Gasteiger partial charge in [0, 0.05) is 6.07 Å². The van der Waals surface area contributed by atoms with Gasteiger partial charge in [-0.2, -0.15) is 0 Å². The molecule has 0 radical (unpaired) electrons. The number of carboxylic acids is 1. The average molecular weight is 307 g/mol. The molecule has 108 valence electrons. The van der Waals surface area contributed by atoms with Gasteiger partial charge in [-0.05, 0) is 36.8 Å². The van der Waals surface area contributed by atoms with Gasteiger partial charge in [-0.3, -0.25) is 10.1 Å². The number of hydrogen-bond acceptors (Lipinski definition) is 4.